The van der Waals surface area contributed by atoms with Crippen molar-refractivity contribution in [3.8, 4) is 0 Å². The molecule has 0 aliphatic heterocycles. The number of nitrogens with two attached hydrogens (primary N) is 1. The second-order valence-corrected chi connectivity index (χ2v) is 5.45. The molecule has 3 saturated carbocycles. The molecule has 3 aliphatic carbocycles. The van der Waals surface area contributed by atoms with Crippen molar-refractivity contribution in [2.24, 2.45) is 28.9 Å². The van der Waals surface area contributed by atoms with Gasteiger partial charge in [0.25, 0.3) is 0 Å². The summed E-state index contributed by atoms with van der Waals surface area (Å²) in [7, 11) is 0. The molecule has 0 unspecified atom stereocenters. The van der Waals surface area contributed by atoms with Crippen molar-refractivity contribution in [3.63, 3.8) is 0 Å². The predicted molar refractivity (Wildman–Crippen MR) is 53.2 cm³/mol. The average Bonchev–Trinajstić information content (AvgIpc) is 2.08. The van der Waals surface area contributed by atoms with E-state index in [-0.39, 0.29) is 0 Å². The molecule has 4 atom stereocenters. The van der Waals surface area contributed by atoms with Crippen molar-refractivity contribution >= 4 is 0 Å². The Morgan fingerprint density at radius 1 is 1.38 bits per heavy atom. The third-order valence-electron chi connectivity index (χ3n) is 4.64. The number of hydrogen-bond acceptors (Lipinski definition) is 2. The topological polar surface area (TPSA) is 46.2 Å². The van der Waals surface area contributed by atoms with Crippen LogP contribution in [0.5, 0.6) is 0 Å². The Labute approximate surface area is 80.5 Å². The number of aliphatic hydroxyl groups excluding tert-OH is 1. The van der Waals surface area contributed by atoms with Crippen LogP contribution >= 0.6 is 0 Å². The van der Waals surface area contributed by atoms with Gasteiger partial charge in [-0.2, -0.15) is 0 Å². The largest absolute Gasteiger partial charge is 0.396 e. The zero-order valence-corrected chi connectivity index (χ0v) is 8.66. The first-order valence-corrected chi connectivity index (χ1v) is 5.43. The van der Waals surface area contributed by atoms with Crippen LogP contribution in [0.25, 0.3) is 0 Å². The van der Waals surface area contributed by atoms with E-state index in [0.29, 0.717) is 29.9 Å². The number of fused-ring (bicyclic) bond motifs is 2. The lowest BCUT2D eigenvalue weighted by atomic mass is 9.45. The van der Waals surface area contributed by atoms with Crippen LogP contribution in [0.1, 0.15) is 33.1 Å². The molecule has 2 nitrogen and oxygen atoms in total. The molecule has 13 heavy (non-hydrogen) atoms. The van der Waals surface area contributed by atoms with Crippen LogP contribution < -0.4 is 5.73 Å². The molecular formula is C11H21NO. The highest BCUT2D eigenvalue weighted by molar-refractivity contribution is 5.07. The molecule has 2 bridgehead atoms. The summed E-state index contributed by atoms with van der Waals surface area (Å²) in [5.41, 5.74) is 6.69. The highest BCUT2D eigenvalue weighted by Gasteiger charge is 2.56. The van der Waals surface area contributed by atoms with Gasteiger partial charge in [0, 0.05) is 12.6 Å². The maximum Gasteiger partial charge on any atom is 0.0434 e. The predicted octanol–water partition coefficient (Wildman–Crippen LogP) is 1.38. The lowest BCUT2D eigenvalue weighted by Crippen LogP contribution is -2.61. The van der Waals surface area contributed by atoms with Gasteiger partial charge in [-0.1, -0.05) is 13.8 Å². The summed E-state index contributed by atoms with van der Waals surface area (Å²) in [4.78, 5) is 0. The van der Waals surface area contributed by atoms with Gasteiger partial charge in [0.1, 0.15) is 0 Å². The molecule has 3 N–H and O–H groups in total. The third-order valence-corrected chi connectivity index (χ3v) is 4.64. The minimum atomic E-state index is 0.304. The van der Waals surface area contributed by atoms with Crippen molar-refractivity contribution in [3.05, 3.63) is 0 Å². The van der Waals surface area contributed by atoms with Gasteiger partial charge in [-0.05, 0) is 42.4 Å². The molecule has 0 saturated heterocycles. The van der Waals surface area contributed by atoms with E-state index in [1.54, 1.807) is 0 Å². The molecule has 0 amide bonds. The van der Waals surface area contributed by atoms with Crippen LogP contribution in [-0.4, -0.2) is 17.8 Å². The van der Waals surface area contributed by atoms with E-state index in [4.69, 9.17) is 10.8 Å². The van der Waals surface area contributed by atoms with E-state index in [1.807, 2.05) is 0 Å². The van der Waals surface area contributed by atoms with Gasteiger partial charge in [0.05, 0.1) is 0 Å². The van der Waals surface area contributed by atoms with E-state index in [2.05, 4.69) is 13.8 Å². The van der Waals surface area contributed by atoms with Crippen molar-refractivity contribution in [1.29, 1.82) is 0 Å². The fourth-order valence-electron chi connectivity index (χ4n) is 3.44. The minimum absolute atomic E-state index is 0.304. The van der Waals surface area contributed by atoms with Gasteiger partial charge in [-0.3, -0.25) is 0 Å². The van der Waals surface area contributed by atoms with E-state index in [1.165, 1.54) is 12.8 Å². The molecule has 0 radical (unpaired) electrons. The van der Waals surface area contributed by atoms with Crippen molar-refractivity contribution in [2.75, 3.05) is 6.61 Å². The van der Waals surface area contributed by atoms with E-state index >= 15 is 0 Å². The lowest BCUT2D eigenvalue weighted by Gasteiger charge is -2.61. The molecule has 0 heterocycles. The summed E-state index contributed by atoms with van der Waals surface area (Å²) in [6.07, 6.45) is 3.48. The lowest BCUT2D eigenvalue weighted by molar-refractivity contribution is -0.107. The molecule has 2 heteroatoms. The Bertz CT molecular complexity index is 202. The van der Waals surface area contributed by atoms with Crippen LogP contribution in [0.3, 0.4) is 0 Å². The van der Waals surface area contributed by atoms with Gasteiger partial charge >= 0.3 is 0 Å². The molecule has 76 valence electrons. The van der Waals surface area contributed by atoms with Crippen LogP contribution in [0.15, 0.2) is 0 Å². The first-order valence-electron chi connectivity index (χ1n) is 5.43. The van der Waals surface area contributed by atoms with Crippen LogP contribution in [0, 0.1) is 23.2 Å². The smallest absolute Gasteiger partial charge is 0.0434 e. The first-order chi connectivity index (χ1) is 6.07. The zero-order chi connectivity index (χ0) is 9.64. The number of hydrogen-bond donors (Lipinski definition) is 2. The highest BCUT2D eigenvalue weighted by atomic mass is 16.3. The van der Waals surface area contributed by atoms with Gasteiger partial charge in [0.2, 0.25) is 0 Å². The van der Waals surface area contributed by atoms with E-state index in [9.17, 15) is 0 Å². The molecule has 0 spiro atoms. The summed E-state index contributed by atoms with van der Waals surface area (Å²) < 4.78 is 0. The van der Waals surface area contributed by atoms with Gasteiger partial charge in [-0.15, -0.1) is 0 Å². The first kappa shape index (κ1) is 9.47. The Hall–Kier alpha value is -0.0800. The zero-order valence-electron chi connectivity index (χ0n) is 8.66. The van der Waals surface area contributed by atoms with Crippen molar-refractivity contribution < 1.29 is 5.11 Å². The fourth-order valence-corrected chi connectivity index (χ4v) is 3.44. The quantitative estimate of drug-likeness (QED) is 0.679. The second-order valence-electron chi connectivity index (χ2n) is 5.45. The molecular weight excluding hydrogens is 162 g/mol. The molecule has 3 rings (SSSR count). The van der Waals surface area contributed by atoms with Crippen molar-refractivity contribution in [2.45, 2.75) is 39.2 Å². The van der Waals surface area contributed by atoms with Gasteiger partial charge in [-0.25, -0.2) is 0 Å². The summed E-state index contributed by atoms with van der Waals surface area (Å²) in [5, 5.41) is 8.91. The summed E-state index contributed by atoms with van der Waals surface area (Å²) >= 11 is 0. The summed E-state index contributed by atoms with van der Waals surface area (Å²) in [6.45, 7) is 5.00. The SMILES string of the molecule is CC1(C)[C@H]2C[C@@H](CCO)[C@@H](N)[C@@H]1C2. The van der Waals surface area contributed by atoms with Crippen LogP contribution in [0.4, 0.5) is 0 Å². The molecule has 0 aromatic carbocycles. The molecule has 3 fully saturated rings. The van der Waals surface area contributed by atoms with Crippen LogP contribution in [-0.2, 0) is 0 Å². The average molecular weight is 183 g/mol. The van der Waals surface area contributed by atoms with E-state index < -0.39 is 0 Å². The standard InChI is InChI=1S/C11H21NO/c1-11(2)8-5-7(3-4-13)10(12)9(11)6-8/h7-10,13H,3-6,12H2,1-2H3/t7-,8+,9+,10-/m1/s1. The van der Waals surface area contributed by atoms with E-state index in [0.717, 1.165) is 12.3 Å². The van der Waals surface area contributed by atoms with Crippen LogP contribution in [0.2, 0.25) is 0 Å². The normalized spacial score (nSPS) is 47.1. The maximum absolute atomic E-state index is 8.91. The van der Waals surface area contributed by atoms with Crippen molar-refractivity contribution in [1.82, 2.24) is 0 Å². The second kappa shape index (κ2) is 2.96. The van der Waals surface area contributed by atoms with Gasteiger partial charge < -0.3 is 10.8 Å². The number of rotatable bonds is 2. The highest BCUT2D eigenvalue weighted by Crippen LogP contribution is 2.60. The Morgan fingerprint density at radius 3 is 2.54 bits per heavy atom. The Kier molecular flexibility index (Phi) is 2.16. The minimum Gasteiger partial charge on any atom is -0.396 e. The molecule has 0 aromatic rings. The summed E-state index contributed by atoms with van der Waals surface area (Å²) in [5.74, 6) is 2.17. The molecule has 0 aromatic heterocycles. The fraction of sp³-hybridized carbons (Fsp3) is 1.00. The Morgan fingerprint density at radius 2 is 2.08 bits per heavy atom. The third kappa shape index (κ3) is 1.23. The maximum atomic E-state index is 8.91. The summed E-state index contributed by atoms with van der Waals surface area (Å²) in [6, 6.07) is 0.340. The Balaban J connectivity index is 2.03. The monoisotopic (exact) mass is 183 g/mol. The van der Waals surface area contributed by atoms with Gasteiger partial charge in [0.15, 0.2) is 0 Å². The number of aliphatic hydroxyl groups is 1. The molecule has 3 aliphatic rings.